The first-order chi connectivity index (χ1) is 10.8. The van der Waals surface area contributed by atoms with Gasteiger partial charge in [-0.05, 0) is 50.0 Å². The Morgan fingerprint density at radius 1 is 1.36 bits per heavy atom. The molecule has 1 aromatic heterocycles. The van der Waals surface area contributed by atoms with E-state index in [0.29, 0.717) is 29.6 Å². The summed E-state index contributed by atoms with van der Waals surface area (Å²) in [6.45, 7) is 4.38. The average Bonchev–Trinajstić information content (AvgIpc) is 3.03. The fourth-order valence-electron chi connectivity index (χ4n) is 5.60. The maximum absolute atomic E-state index is 12.5. The molecule has 1 aliphatic heterocycles. The Balaban J connectivity index is 1.58. The van der Waals surface area contributed by atoms with E-state index >= 15 is 0 Å². The number of hydrogen-bond acceptors (Lipinski definition) is 4. The summed E-state index contributed by atoms with van der Waals surface area (Å²) in [5.41, 5.74) is 0. The van der Waals surface area contributed by atoms with Crippen LogP contribution in [0.4, 0.5) is 0 Å². The van der Waals surface area contributed by atoms with Crippen molar-refractivity contribution in [3.63, 3.8) is 0 Å². The maximum Gasteiger partial charge on any atom is 0.136 e. The fourth-order valence-corrected chi connectivity index (χ4v) is 6.24. The van der Waals surface area contributed by atoms with Gasteiger partial charge in [-0.15, -0.1) is 11.3 Å². The number of Topliss-reactive ketones (excluding diaryl/α,β-unsaturated/α-hetero) is 1. The molecule has 0 aromatic carbocycles. The molecule has 1 aromatic rings. The highest BCUT2D eigenvalue weighted by atomic mass is 32.1. The van der Waals surface area contributed by atoms with Crippen LogP contribution in [0.25, 0.3) is 0 Å². The first-order valence-corrected chi connectivity index (χ1v) is 9.81. The lowest BCUT2D eigenvalue weighted by Crippen LogP contribution is -2.57. The smallest absolute Gasteiger partial charge is 0.136 e. The minimum Gasteiger partial charge on any atom is -0.299 e. The summed E-state index contributed by atoms with van der Waals surface area (Å²) >= 11 is 1.78. The van der Waals surface area contributed by atoms with Crippen LogP contribution < -0.4 is 0 Å². The van der Waals surface area contributed by atoms with Crippen molar-refractivity contribution in [2.45, 2.75) is 58.0 Å². The SMILES string of the molecule is CC[C@@H]1C(=O)C[C@H]2CCN(Cc3nccs3)[C@H]3CCC[C@@H]1[C@H]23. The zero-order valence-electron chi connectivity index (χ0n) is 13.4. The van der Waals surface area contributed by atoms with Crippen molar-refractivity contribution < 1.29 is 4.79 Å². The molecule has 3 fully saturated rings. The summed E-state index contributed by atoms with van der Waals surface area (Å²) in [5.74, 6) is 3.02. The second kappa shape index (κ2) is 6.04. The number of carbonyl (C=O) groups is 1. The van der Waals surface area contributed by atoms with Crippen molar-refractivity contribution in [2.24, 2.45) is 23.7 Å². The van der Waals surface area contributed by atoms with E-state index in [4.69, 9.17) is 0 Å². The Morgan fingerprint density at radius 3 is 3.05 bits per heavy atom. The molecule has 3 nitrogen and oxygen atoms in total. The van der Waals surface area contributed by atoms with Gasteiger partial charge in [-0.3, -0.25) is 9.69 Å². The molecule has 4 rings (SSSR count). The number of piperidine rings is 1. The Morgan fingerprint density at radius 2 is 2.27 bits per heavy atom. The summed E-state index contributed by atoms with van der Waals surface area (Å²) in [7, 11) is 0. The largest absolute Gasteiger partial charge is 0.299 e. The highest BCUT2D eigenvalue weighted by Crippen LogP contribution is 2.51. The summed E-state index contributed by atoms with van der Waals surface area (Å²) in [5, 5.41) is 3.33. The van der Waals surface area contributed by atoms with Gasteiger partial charge in [0.05, 0.1) is 6.54 Å². The first-order valence-electron chi connectivity index (χ1n) is 8.93. The maximum atomic E-state index is 12.5. The Kier molecular flexibility index (Phi) is 4.07. The normalized spacial score (nSPS) is 38.8. The van der Waals surface area contributed by atoms with Crippen LogP contribution in [0.1, 0.15) is 50.5 Å². The number of rotatable bonds is 3. The predicted molar refractivity (Wildman–Crippen MR) is 88.7 cm³/mol. The van der Waals surface area contributed by atoms with Crippen LogP contribution in [0.5, 0.6) is 0 Å². The number of aromatic nitrogens is 1. The summed E-state index contributed by atoms with van der Waals surface area (Å²) in [6.07, 6.45) is 8.96. The van der Waals surface area contributed by atoms with E-state index in [1.165, 1.54) is 30.7 Å². The van der Waals surface area contributed by atoms with Crippen LogP contribution in [-0.2, 0) is 11.3 Å². The molecule has 3 aliphatic rings. The molecule has 120 valence electrons. The Bertz CT molecular complexity index is 529. The molecule has 0 spiro atoms. The Hall–Kier alpha value is -0.740. The standard InChI is InChI=1S/C18H26N2OS/c1-2-13-14-4-3-5-15-18(14)12(10-16(13)21)6-8-20(15)11-17-19-7-9-22-17/h7,9,12-15,18H,2-6,8,10-11H2,1H3/t12-,13+,14+,15+,18+/m1/s1. The van der Waals surface area contributed by atoms with E-state index in [-0.39, 0.29) is 0 Å². The van der Waals surface area contributed by atoms with E-state index in [1.807, 2.05) is 6.20 Å². The number of carbonyl (C=O) groups excluding carboxylic acids is 1. The van der Waals surface area contributed by atoms with E-state index in [2.05, 4.69) is 22.2 Å². The topological polar surface area (TPSA) is 33.2 Å². The number of hydrogen-bond donors (Lipinski definition) is 0. The van der Waals surface area contributed by atoms with Crippen LogP contribution >= 0.6 is 11.3 Å². The van der Waals surface area contributed by atoms with Gasteiger partial charge in [-0.1, -0.05) is 13.3 Å². The highest BCUT2D eigenvalue weighted by molar-refractivity contribution is 7.09. The highest BCUT2D eigenvalue weighted by Gasteiger charge is 2.51. The second-order valence-electron chi connectivity index (χ2n) is 7.37. The zero-order valence-corrected chi connectivity index (χ0v) is 14.2. The van der Waals surface area contributed by atoms with Gasteiger partial charge in [0.2, 0.25) is 0 Å². The second-order valence-corrected chi connectivity index (χ2v) is 8.35. The molecule has 2 heterocycles. The summed E-state index contributed by atoms with van der Waals surface area (Å²) in [4.78, 5) is 19.7. The van der Waals surface area contributed by atoms with E-state index < -0.39 is 0 Å². The van der Waals surface area contributed by atoms with Crippen molar-refractivity contribution in [1.82, 2.24) is 9.88 Å². The van der Waals surface area contributed by atoms with Crippen molar-refractivity contribution >= 4 is 17.1 Å². The van der Waals surface area contributed by atoms with Gasteiger partial charge in [0.1, 0.15) is 10.8 Å². The third kappa shape index (κ3) is 2.44. The number of likely N-dealkylation sites (tertiary alicyclic amines) is 1. The molecular weight excluding hydrogens is 292 g/mol. The van der Waals surface area contributed by atoms with Gasteiger partial charge < -0.3 is 0 Å². The molecule has 0 bridgehead atoms. The number of ketones is 1. The van der Waals surface area contributed by atoms with E-state index in [9.17, 15) is 4.79 Å². The molecule has 0 N–H and O–H groups in total. The first kappa shape index (κ1) is 14.8. The molecule has 1 saturated heterocycles. The minimum absolute atomic E-state index is 0.351. The Labute approximate surface area is 137 Å². The quantitative estimate of drug-likeness (QED) is 0.851. The third-order valence-electron chi connectivity index (χ3n) is 6.43. The van der Waals surface area contributed by atoms with Crippen LogP contribution in [0.15, 0.2) is 11.6 Å². The van der Waals surface area contributed by atoms with E-state index in [0.717, 1.165) is 31.8 Å². The van der Waals surface area contributed by atoms with Crippen LogP contribution in [0.3, 0.4) is 0 Å². The molecule has 0 unspecified atom stereocenters. The van der Waals surface area contributed by atoms with Crippen LogP contribution in [0, 0.1) is 23.7 Å². The van der Waals surface area contributed by atoms with E-state index in [1.54, 1.807) is 11.3 Å². The lowest BCUT2D eigenvalue weighted by molar-refractivity contribution is -0.139. The monoisotopic (exact) mass is 318 g/mol. The summed E-state index contributed by atoms with van der Waals surface area (Å²) in [6, 6.07) is 0.698. The van der Waals surface area contributed by atoms with Gasteiger partial charge in [-0.25, -0.2) is 4.98 Å². The van der Waals surface area contributed by atoms with Gasteiger partial charge in [0.25, 0.3) is 0 Å². The molecule has 2 aliphatic carbocycles. The van der Waals surface area contributed by atoms with Gasteiger partial charge in [0.15, 0.2) is 0 Å². The third-order valence-corrected chi connectivity index (χ3v) is 7.20. The summed E-state index contributed by atoms with van der Waals surface area (Å²) < 4.78 is 0. The molecule has 22 heavy (non-hydrogen) atoms. The molecule has 5 atom stereocenters. The predicted octanol–water partition coefficient (Wildman–Crippen LogP) is 3.75. The van der Waals surface area contributed by atoms with Gasteiger partial charge in [0, 0.05) is 30.0 Å². The van der Waals surface area contributed by atoms with Crippen molar-refractivity contribution in [1.29, 1.82) is 0 Å². The van der Waals surface area contributed by atoms with Crippen molar-refractivity contribution in [2.75, 3.05) is 6.54 Å². The van der Waals surface area contributed by atoms with Gasteiger partial charge in [-0.2, -0.15) is 0 Å². The molecule has 0 amide bonds. The van der Waals surface area contributed by atoms with Crippen molar-refractivity contribution in [3.8, 4) is 0 Å². The zero-order chi connectivity index (χ0) is 15.1. The number of thiazole rings is 1. The number of nitrogens with zero attached hydrogens (tertiary/aromatic N) is 2. The fraction of sp³-hybridized carbons (Fsp3) is 0.778. The van der Waals surface area contributed by atoms with Crippen LogP contribution in [0.2, 0.25) is 0 Å². The van der Waals surface area contributed by atoms with Crippen LogP contribution in [-0.4, -0.2) is 28.3 Å². The average molecular weight is 318 g/mol. The molecule has 0 radical (unpaired) electrons. The lowest BCUT2D eigenvalue weighted by atomic mass is 9.56. The van der Waals surface area contributed by atoms with Crippen molar-refractivity contribution in [3.05, 3.63) is 16.6 Å². The van der Waals surface area contributed by atoms with Gasteiger partial charge >= 0.3 is 0 Å². The lowest BCUT2D eigenvalue weighted by Gasteiger charge is -2.55. The minimum atomic E-state index is 0.351. The molecular formula is C18H26N2OS. The molecule has 2 saturated carbocycles. The molecule has 4 heteroatoms.